The predicted octanol–water partition coefficient (Wildman–Crippen LogP) is 3.76. The summed E-state index contributed by atoms with van der Waals surface area (Å²) >= 11 is 0. The highest BCUT2D eigenvalue weighted by molar-refractivity contribution is 7.91. The normalized spacial score (nSPS) is 14.9. The fourth-order valence-electron chi connectivity index (χ4n) is 4.80. The third kappa shape index (κ3) is 4.74. The molecule has 1 aliphatic carbocycles. The quantitative estimate of drug-likeness (QED) is 0.241. The topological polar surface area (TPSA) is 154 Å². The zero-order valence-corrected chi connectivity index (χ0v) is 24.1. The zero-order valence-electron chi connectivity index (χ0n) is 23.3. The lowest BCUT2D eigenvalue weighted by atomic mass is 9.97. The van der Waals surface area contributed by atoms with Gasteiger partial charge in [-0.3, -0.25) is 0 Å². The maximum Gasteiger partial charge on any atom is 0.459 e. The molecule has 5 aromatic rings. The maximum absolute atomic E-state index is 14.0. The van der Waals surface area contributed by atoms with Crippen molar-refractivity contribution in [1.82, 2.24) is 39.1 Å². The van der Waals surface area contributed by atoms with Crippen LogP contribution in [-0.4, -0.2) is 59.4 Å². The molecule has 18 heteroatoms. The fraction of sp³-hybridized carbons (Fsp3) is 0.296. The molecule has 6 rings (SSSR count). The van der Waals surface area contributed by atoms with Crippen molar-refractivity contribution in [2.24, 2.45) is 7.05 Å². The van der Waals surface area contributed by atoms with E-state index in [-0.39, 0.29) is 33.6 Å². The number of aryl methyl sites for hydroxylation is 1. The number of hydrogen-bond donors (Lipinski definition) is 0. The lowest BCUT2D eigenvalue weighted by Gasteiger charge is -2.17. The van der Waals surface area contributed by atoms with Crippen LogP contribution in [0.15, 0.2) is 58.5 Å². The Hall–Kier alpha value is -5.05. The molecule has 45 heavy (non-hydrogen) atoms. The molecule has 1 aromatic carbocycles. The van der Waals surface area contributed by atoms with E-state index in [1.807, 2.05) is 0 Å². The van der Waals surface area contributed by atoms with Crippen molar-refractivity contribution in [3.63, 3.8) is 0 Å². The van der Waals surface area contributed by atoms with Gasteiger partial charge in [0, 0.05) is 7.05 Å². The molecule has 0 spiro atoms. The summed E-state index contributed by atoms with van der Waals surface area (Å²) in [5.74, 6) is -6.10. The SMILES string of the molecule is CCS(=O)(=O)c1ccc(-n2ncn(-c3cccc(C4(C#N)CC4)c3)c2=O)nc1-c1nc2cc(C(F)(F)C(F)(F)F)nnc2n1C. The van der Waals surface area contributed by atoms with Gasteiger partial charge in [-0.05, 0) is 48.7 Å². The van der Waals surface area contributed by atoms with Gasteiger partial charge in [0.15, 0.2) is 27.1 Å². The van der Waals surface area contributed by atoms with Crippen molar-refractivity contribution in [2.45, 2.75) is 42.2 Å². The second-order valence-electron chi connectivity index (χ2n) is 10.4. The Morgan fingerprint density at radius 3 is 2.42 bits per heavy atom. The van der Waals surface area contributed by atoms with E-state index in [0.717, 1.165) is 14.8 Å². The average molecular weight is 646 g/mol. The smallest absolute Gasteiger partial charge is 0.309 e. The van der Waals surface area contributed by atoms with Crippen molar-refractivity contribution >= 4 is 21.0 Å². The largest absolute Gasteiger partial charge is 0.459 e. The van der Waals surface area contributed by atoms with Crippen LogP contribution in [0.2, 0.25) is 0 Å². The summed E-state index contributed by atoms with van der Waals surface area (Å²) < 4.78 is 96.1. The predicted molar refractivity (Wildman–Crippen MR) is 146 cm³/mol. The Bertz CT molecular complexity index is 2210. The molecule has 1 saturated carbocycles. The molecule has 1 fully saturated rings. The van der Waals surface area contributed by atoms with Crippen molar-refractivity contribution in [3.8, 4) is 29.1 Å². The van der Waals surface area contributed by atoms with Gasteiger partial charge < -0.3 is 4.57 Å². The third-order valence-electron chi connectivity index (χ3n) is 7.59. The number of pyridine rings is 1. The van der Waals surface area contributed by atoms with Crippen LogP contribution in [0.4, 0.5) is 22.0 Å². The number of imidazole rings is 1. The van der Waals surface area contributed by atoms with E-state index in [1.54, 1.807) is 24.3 Å². The van der Waals surface area contributed by atoms with Gasteiger partial charge in [-0.15, -0.1) is 10.2 Å². The van der Waals surface area contributed by atoms with Gasteiger partial charge in [-0.1, -0.05) is 19.1 Å². The summed E-state index contributed by atoms with van der Waals surface area (Å²) in [5.41, 5.74) is -2.80. The number of hydrogen-bond acceptors (Lipinski definition) is 9. The Morgan fingerprint density at radius 1 is 1.04 bits per heavy atom. The van der Waals surface area contributed by atoms with E-state index in [1.165, 1.54) is 37.0 Å². The van der Waals surface area contributed by atoms with Gasteiger partial charge in [0.25, 0.3) is 0 Å². The van der Waals surface area contributed by atoms with Crippen molar-refractivity contribution < 1.29 is 30.4 Å². The molecule has 0 atom stereocenters. The first-order chi connectivity index (χ1) is 21.1. The molecule has 0 saturated heterocycles. The standard InChI is InChI=1S/C27H20F5N9O3S/c1-3-45(43,44)18-7-8-20(41-24(42)40(14-34-41)16-6-4-5-15(11-16)25(13-33)9-10-25)36-21(18)23-35-17-12-19(26(28,29)27(30,31)32)37-38-22(17)39(23)2/h4-8,11-12,14H,3,9-10H2,1-2H3. The molecule has 0 aliphatic heterocycles. The second kappa shape index (κ2) is 9.99. The number of aromatic nitrogens is 8. The van der Waals surface area contributed by atoms with E-state index in [0.29, 0.717) is 24.6 Å². The molecule has 0 unspecified atom stereocenters. The van der Waals surface area contributed by atoms with Gasteiger partial charge in [-0.25, -0.2) is 27.7 Å². The summed E-state index contributed by atoms with van der Waals surface area (Å²) in [7, 11) is -2.69. The number of nitriles is 1. The van der Waals surface area contributed by atoms with Crippen LogP contribution in [-0.2, 0) is 28.2 Å². The molecule has 4 aromatic heterocycles. The highest BCUT2D eigenvalue weighted by Gasteiger charge is 2.60. The van der Waals surface area contributed by atoms with Crippen LogP contribution in [0, 0.1) is 11.3 Å². The maximum atomic E-state index is 14.0. The molecule has 0 radical (unpaired) electrons. The minimum Gasteiger partial charge on any atom is -0.309 e. The first-order valence-electron chi connectivity index (χ1n) is 13.2. The molecular weight excluding hydrogens is 625 g/mol. The number of sulfone groups is 1. The van der Waals surface area contributed by atoms with Crippen LogP contribution in [0.25, 0.3) is 34.2 Å². The summed E-state index contributed by atoms with van der Waals surface area (Å²) in [6.07, 6.45) is -3.34. The van der Waals surface area contributed by atoms with Gasteiger partial charge in [0.2, 0.25) is 0 Å². The Labute approximate surface area is 250 Å². The Kier molecular flexibility index (Phi) is 6.66. The molecule has 232 valence electrons. The van der Waals surface area contributed by atoms with Crippen LogP contribution >= 0.6 is 0 Å². The minimum atomic E-state index is -5.95. The molecule has 1 aliphatic rings. The third-order valence-corrected chi connectivity index (χ3v) is 9.35. The summed E-state index contributed by atoms with van der Waals surface area (Å²) in [4.78, 5) is 21.6. The molecular formula is C27H20F5N9O3S. The van der Waals surface area contributed by atoms with E-state index in [4.69, 9.17) is 0 Å². The summed E-state index contributed by atoms with van der Waals surface area (Å²) in [5, 5.41) is 20.2. The van der Waals surface area contributed by atoms with Crippen LogP contribution in [0.1, 0.15) is 31.0 Å². The van der Waals surface area contributed by atoms with Crippen LogP contribution in [0.5, 0.6) is 0 Å². The molecule has 0 bridgehead atoms. The van der Waals surface area contributed by atoms with E-state index >= 15 is 0 Å². The van der Waals surface area contributed by atoms with Crippen LogP contribution in [0.3, 0.4) is 0 Å². The van der Waals surface area contributed by atoms with Crippen molar-refractivity contribution in [2.75, 3.05) is 5.75 Å². The van der Waals surface area contributed by atoms with Gasteiger partial charge in [-0.2, -0.15) is 37.0 Å². The molecule has 0 amide bonds. The van der Waals surface area contributed by atoms with Gasteiger partial charge >= 0.3 is 17.8 Å². The van der Waals surface area contributed by atoms with E-state index < -0.39 is 44.3 Å². The lowest BCUT2D eigenvalue weighted by Crippen LogP contribution is -2.34. The highest BCUT2D eigenvalue weighted by Crippen LogP contribution is 2.48. The zero-order chi connectivity index (χ0) is 32.5. The van der Waals surface area contributed by atoms with Crippen molar-refractivity contribution in [3.05, 3.63) is 70.5 Å². The summed E-state index contributed by atoms with van der Waals surface area (Å²) in [6.45, 7) is 1.37. The summed E-state index contributed by atoms with van der Waals surface area (Å²) in [6, 6.07) is 12.0. The van der Waals surface area contributed by atoms with E-state index in [9.17, 15) is 40.4 Å². The minimum absolute atomic E-state index is 0.141. The Morgan fingerprint density at radius 2 is 1.78 bits per heavy atom. The molecule has 12 nitrogen and oxygen atoms in total. The number of alkyl halides is 5. The Balaban J connectivity index is 1.49. The number of benzene rings is 1. The van der Waals surface area contributed by atoms with Crippen LogP contribution < -0.4 is 5.69 Å². The molecule has 0 N–H and O–H groups in total. The number of halogens is 5. The van der Waals surface area contributed by atoms with E-state index in [2.05, 4.69) is 31.3 Å². The highest BCUT2D eigenvalue weighted by atomic mass is 32.2. The fourth-order valence-corrected chi connectivity index (χ4v) is 5.82. The monoisotopic (exact) mass is 645 g/mol. The average Bonchev–Trinajstić information content (AvgIpc) is 3.63. The molecule has 4 heterocycles. The lowest BCUT2D eigenvalue weighted by molar-refractivity contribution is -0.291. The second-order valence-corrected chi connectivity index (χ2v) is 12.6. The van der Waals surface area contributed by atoms with Gasteiger partial charge in [0.05, 0.1) is 27.8 Å². The number of rotatable bonds is 7. The van der Waals surface area contributed by atoms with Crippen molar-refractivity contribution in [1.29, 1.82) is 5.26 Å². The number of fused-ring (bicyclic) bond motifs is 1. The first-order valence-corrected chi connectivity index (χ1v) is 14.9. The first kappa shape index (κ1) is 30.0. The van der Waals surface area contributed by atoms with Gasteiger partial charge in [0.1, 0.15) is 23.2 Å². The number of nitrogens with zero attached hydrogens (tertiary/aromatic N) is 9.